The minimum atomic E-state index is -1.49. The van der Waals surface area contributed by atoms with Crippen LogP contribution in [0.1, 0.15) is 43.4 Å². The van der Waals surface area contributed by atoms with E-state index in [-0.39, 0.29) is 18.4 Å². The second kappa shape index (κ2) is 9.52. The molecule has 3 N–H and O–H groups in total. The summed E-state index contributed by atoms with van der Waals surface area (Å²) >= 11 is 0. The standard InChI is InChI=1S/C20H26BNO4/c1-14(2)12-16-4-8-18(9-5-16)15(3)20(23)22-26-13-17-6-10-19(11-7-17)21(24)25/h4-11,14-15,24-25H,12-13H2,1-3H3,(H,22,23). The van der Waals surface area contributed by atoms with E-state index in [1.165, 1.54) is 5.56 Å². The van der Waals surface area contributed by atoms with Crippen LogP contribution in [0.3, 0.4) is 0 Å². The largest absolute Gasteiger partial charge is 0.488 e. The molecule has 0 radical (unpaired) electrons. The zero-order chi connectivity index (χ0) is 19.1. The van der Waals surface area contributed by atoms with Crippen LogP contribution in [0, 0.1) is 5.92 Å². The van der Waals surface area contributed by atoms with Gasteiger partial charge in [0.15, 0.2) is 0 Å². The van der Waals surface area contributed by atoms with Gasteiger partial charge < -0.3 is 10.0 Å². The van der Waals surface area contributed by atoms with Crippen LogP contribution in [0.25, 0.3) is 0 Å². The summed E-state index contributed by atoms with van der Waals surface area (Å²) in [5.41, 5.74) is 5.92. The fourth-order valence-electron chi connectivity index (χ4n) is 2.63. The van der Waals surface area contributed by atoms with Crippen molar-refractivity contribution in [2.24, 2.45) is 5.92 Å². The average molecular weight is 355 g/mol. The molecule has 6 heteroatoms. The molecule has 138 valence electrons. The summed E-state index contributed by atoms with van der Waals surface area (Å²) in [7, 11) is -1.49. The van der Waals surface area contributed by atoms with E-state index in [9.17, 15) is 4.79 Å². The lowest BCUT2D eigenvalue weighted by molar-refractivity contribution is -0.135. The molecule has 0 spiro atoms. The molecule has 1 amide bonds. The predicted molar refractivity (Wildman–Crippen MR) is 103 cm³/mol. The van der Waals surface area contributed by atoms with Gasteiger partial charge in [0.25, 0.3) is 5.91 Å². The summed E-state index contributed by atoms with van der Waals surface area (Å²) in [6.07, 6.45) is 1.02. The van der Waals surface area contributed by atoms with Crippen LogP contribution in [0.4, 0.5) is 0 Å². The predicted octanol–water partition coefficient (Wildman–Crippen LogP) is 1.92. The molecule has 2 rings (SSSR count). The highest BCUT2D eigenvalue weighted by molar-refractivity contribution is 6.58. The molecule has 2 aromatic carbocycles. The zero-order valence-electron chi connectivity index (χ0n) is 15.5. The summed E-state index contributed by atoms with van der Waals surface area (Å²) in [5.74, 6) is 0.0868. The first-order chi connectivity index (χ1) is 12.4. The van der Waals surface area contributed by atoms with Gasteiger partial charge in [-0.2, -0.15) is 0 Å². The summed E-state index contributed by atoms with van der Waals surface area (Å²) < 4.78 is 0. The van der Waals surface area contributed by atoms with E-state index < -0.39 is 7.12 Å². The molecule has 0 fully saturated rings. The molecule has 0 aromatic heterocycles. The van der Waals surface area contributed by atoms with E-state index in [2.05, 4.69) is 31.5 Å². The third-order valence-corrected chi connectivity index (χ3v) is 4.21. The van der Waals surface area contributed by atoms with Gasteiger partial charge in [0.05, 0.1) is 12.5 Å². The number of hydrogen-bond donors (Lipinski definition) is 3. The molecule has 0 aliphatic carbocycles. The minimum absolute atomic E-state index is 0.202. The highest BCUT2D eigenvalue weighted by Crippen LogP contribution is 2.17. The summed E-state index contributed by atoms with van der Waals surface area (Å²) in [5, 5.41) is 18.1. The Labute approximate surface area is 155 Å². The normalized spacial score (nSPS) is 12.1. The average Bonchev–Trinajstić information content (AvgIpc) is 2.61. The Morgan fingerprint density at radius 2 is 1.58 bits per heavy atom. The summed E-state index contributed by atoms with van der Waals surface area (Å²) in [6, 6.07) is 14.8. The van der Waals surface area contributed by atoms with Crippen LogP contribution in [0.15, 0.2) is 48.5 Å². The lowest BCUT2D eigenvalue weighted by Gasteiger charge is -2.13. The van der Waals surface area contributed by atoms with Gasteiger partial charge in [0.2, 0.25) is 0 Å². The molecule has 0 saturated carbocycles. The van der Waals surface area contributed by atoms with Gasteiger partial charge in [0, 0.05) is 0 Å². The molecule has 5 nitrogen and oxygen atoms in total. The Balaban J connectivity index is 1.83. The number of benzene rings is 2. The molecular weight excluding hydrogens is 329 g/mol. The van der Waals surface area contributed by atoms with Crippen molar-refractivity contribution < 1.29 is 19.7 Å². The molecule has 0 bridgehead atoms. The maximum absolute atomic E-state index is 12.2. The third kappa shape index (κ3) is 5.98. The molecule has 0 saturated heterocycles. The Kier molecular flexibility index (Phi) is 7.39. The number of carbonyl (C=O) groups excluding carboxylic acids is 1. The fraction of sp³-hybridized carbons (Fsp3) is 0.350. The van der Waals surface area contributed by atoms with Crippen molar-refractivity contribution in [2.45, 2.75) is 39.7 Å². The van der Waals surface area contributed by atoms with Crippen molar-refractivity contribution in [2.75, 3.05) is 0 Å². The highest BCUT2D eigenvalue weighted by Gasteiger charge is 2.15. The zero-order valence-corrected chi connectivity index (χ0v) is 15.5. The van der Waals surface area contributed by atoms with E-state index in [1.807, 2.05) is 19.1 Å². The number of hydrogen-bond acceptors (Lipinski definition) is 4. The molecule has 26 heavy (non-hydrogen) atoms. The second-order valence-corrected chi connectivity index (χ2v) is 6.93. The van der Waals surface area contributed by atoms with Gasteiger partial charge in [-0.3, -0.25) is 9.63 Å². The number of rotatable bonds is 8. The summed E-state index contributed by atoms with van der Waals surface area (Å²) in [6.45, 7) is 6.41. The van der Waals surface area contributed by atoms with Crippen molar-refractivity contribution in [3.8, 4) is 0 Å². The quantitative estimate of drug-likeness (QED) is 0.499. The number of carbonyl (C=O) groups is 1. The number of amides is 1. The van der Waals surface area contributed by atoms with E-state index in [0.717, 1.165) is 17.5 Å². The monoisotopic (exact) mass is 355 g/mol. The van der Waals surface area contributed by atoms with E-state index in [0.29, 0.717) is 11.4 Å². The van der Waals surface area contributed by atoms with Gasteiger partial charge in [-0.05, 0) is 41.4 Å². The van der Waals surface area contributed by atoms with Crippen molar-refractivity contribution in [1.82, 2.24) is 5.48 Å². The molecule has 1 unspecified atom stereocenters. The minimum Gasteiger partial charge on any atom is -0.423 e. The van der Waals surface area contributed by atoms with Crippen LogP contribution >= 0.6 is 0 Å². The maximum atomic E-state index is 12.2. The van der Waals surface area contributed by atoms with Gasteiger partial charge in [-0.25, -0.2) is 5.48 Å². The number of hydroxylamine groups is 1. The molecule has 2 aromatic rings. The van der Waals surface area contributed by atoms with E-state index >= 15 is 0 Å². The van der Waals surface area contributed by atoms with E-state index in [4.69, 9.17) is 14.9 Å². The van der Waals surface area contributed by atoms with Crippen molar-refractivity contribution in [3.63, 3.8) is 0 Å². The first-order valence-corrected chi connectivity index (χ1v) is 8.82. The van der Waals surface area contributed by atoms with Crippen LogP contribution in [-0.2, 0) is 22.7 Å². The molecular formula is C20H26BNO4. The Bertz CT molecular complexity index is 699. The first kappa shape index (κ1) is 20.2. The highest BCUT2D eigenvalue weighted by atomic mass is 16.6. The van der Waals surface area contributed by atoms with Crippen molar-refractivity contribution in [3.05, 3.63) is 65.2 Å². The first-order valence-electron chi connectivity index (χ1n) is 8.82. The third-order valence-electron chi connectivity index (χ3n) is 4.21. The second-order valence-electron chi connectivity index (χ2n) is 6.93. The SMILES string of the molecule is CC(C)Cc1ccc(C(C)C(=O)NOCc2ccc(B(O)O)cc2)cc1. The molecule has 0 heterocycles. The molecule has 0 aliphatic rings. The van der Waals surface area contributed by atoms with Gasteiger partial charge in [-0.1, -0.05) is 62.4 Å². The van der Waals surface area contributed by atoms with Crippen LogP contribution < -0.4 is 10.9 Å². The summed E-state index contributed by atoms with van der Waals surface area (Å²) in [4.78, 5) is 17.5. The van der Waals surface area contributed by atoms with Crippen LogP contribution in [-0.4, -0.2) is 23.1 Å². The van der Waals surface area contributed by atoms with Crippen molar-refractivity contribution >= 4 is 18.5 Å². The Morgan fingerprint density at radius 3 is 2.12 bits per heavy atom. The smallest absolute Gasteiger partial charge is 0.423 e. The Hall–Kier alpha value is -2.15. The van der Waals surface area contributed by atoms with Crippen LogP contribution in [0.2, 0.25) is 0 Å². The lowest BCUT2D eigenvalue weighted by Crippen LogP contribution is -2.30. The van der Waals surface area contributed by atoms with Crippen LogP contribution in [0.5, 0.6) is 0 Å². The maximum Gasteiger partial charge on any atom is 0.488 e. The van der Waals surface area contributed by atoms with Gasteiger partial charge in [0.1, 0.15) is 0 Å². The molecule has 0 aliphatic heterocycles. The topological polar surface area (TPSA) is 78.8 Å². The number of nitrogens with one attached hydrogen (secondary N) is 1. The van der Waals surface area contributed by atoms with Crippen molar-refractivity contribution in [1.29, 1.82) is 0 Å². The van der Waals surface area contributed by atoms with Gasteiger partial charge in [-0.15, -0.1) is 0 Å². The Morgan fingerprint density at radius 1 is 1.00 bits per heavy atom. The lowest BCUT2D eigenvalue weighted by atomic mass is 9.80. The molecule has 1 atom stereocenters. The fourth-order valence-corrected chi connectivity index (χ4v) is 2.63. The van der Waals surface area contributed by atoms with Gasteiger partial charge >= 0.3 is 7.12 Å². The van der Waals surface area contributed by atoms with E-state index in [1.54, 1.807) is 24.3 Å².